The van der Waals surface area contributed by atoms with Crippen LogP contribution in [-0.4, -0.2) is 27.4 Å². The summed E-state index contributed by atoms with van der Waals surface area (Å²) < 4.78 is 45.2. The molecule has 1 heterocycles. The van der Waals surface area contributed by atoms with Gasteiger partial charge in [0.1, 0.15) is 5.60 Å². The SMILES string of the molecule is C[C@H](NC(=O)c1ccc2nc(-c3ccc(C(F)(F)F)cc3)c(CCCCC(=O)OC(C)(C)C)nc2c1)c1cccc(-c2ccccc2)c1. The number of nitrogens with one attached hydrogen (secondary N) is 1. The van der Waals surface area contributed by atoms with Crippen molar-refractivity contribution in [2.24, 2.45) is 0 Å². The fraction of sp³-hybridized carbons (Fsp3) is 0.282. The van der Waals surface area contributed by atoms with Crippen LogP contribution in [0.1, 0.15) is 80.2 Å². The summed E-state index contributed by atoms with van der Waals surface area (Å²) in [6.45, 7) is 7.36. The molecule has 1 atom stereocenters. The van der Waals surface area contributed by atoms with Crippen molar-refractivity contribution < 1.29 is 27.5 Å². The second-order valence-electron chi connectivity index (χ2n) is 12.8. The van der Waals surface area contributed by atoms with E-state index in [-0.39, 0.29) is 24.3 Å². The summed E-state index contributed by atoms with van der Waals surface area (Å²) in [5, 5.41) is 3.07. The lowest BCUT2D eigenvalue weighted by molar-refractivity contribution is -0.155. The third-order valence-corrected chi connectivity index (χ3v) is 7.79. The predicted octanol–water partition coefficient (Wildman–Crippen LogP) is 9.53. The number of alkyl halides is 3. The molecule has 5 aromatic rings. The number of aryl methyl sites for hydroxylation is 1. The van der Waals surface area contributed by atoms with E-state index in [4.69, 9.17) is 14.7 Å². The number of ether oxygens (including phenoxy) is 1. The van der Waals surface area contributed by atoms with Crippen LogP contribution in [0.3, 0.4) is 0 Å². The minimum absolute atomic E-state index is 0.227. The molecule has 248 valence electrons. The lowest BCUT2D eigenvalue weighted by Gasteiger charge is -2.19. The lowest BCUT2D eigenvalue weighted by atomic mass is 10.00. The minimum Gasteiger partial charge on any atom is -0.460 e. The Bertz CT molecular complexity index is 1900. The van der Waals surface area contributed by atoms with Crippen LogP contribution in [0, 0.1) is 0 Å². The van der Waals surface area contributed by atoms with Gasteiger partial charge in [0.15, 0.2) is 0 Å². The number of amides is 1. The number of fused-ring (bicyclic) bond motifs is 1. The Balaban J connectivity index is 1.38. The Kier molecular flexibility index (Phi) is 10.3. The first-order valence-corrected chi connectivity index (χ1v) is 15.9. The van der Waals surface area contributed by atoms with E-state index in [9.17, 15) is 22.8 Å². The molecule has 0 spiro atoms. The number of rotatable bonds is 10. The molecular weight excluding hydrogens is 615 g/mol. The Hall–Kier alpha value is -5.05. The van der Waals surface area contributed by atoms with E-state index in [2.05, 4.69) is 11.4 Å². The molecular formula is C39H38F3N3O3. The van der Waals surface area contributed by atoms with Crippen molar-refractivity contribution >= 4 is 22.9 Å². The Morgan fingerprint density at radius 1 is 0.771 bits per heavy atom. The number of unbranched alkanes of at least 4 members (excludes halogenated alkanes) is 1. The molecule has 48 heavy (non-hydrogen) atoms. The quantitative estimate of drug-likeness (QED) is 0.120. The van der Waals surface area contributed by atoms with Gasteiger partial charge in [-0.3, -0.25) is 9.59 Å². The summed E-state index contributed by atoms with van der Waals surface area (Å²) in [5.41, 5.74) is 4.67. The Morgan fingerprint density at radius 2 is 1.48 bits per heavy atom. The molecule has 0 aliphatic carbocycles. The van der Waals surface area contributed by atoms with E-state index >= 15 is 0 Å². The highest BCUT2D eigenvalue weighted by atomic mass is 19.4. The predicted molar refractivity (Wildman–Crippen MR) is 181 cm³/mol. The number of carbonyl (C=O) groups excluding carboxylic acids is 2. The van der Waals surface area contributed by atoms with Gasteiger partial charge in [0, 0.05) is 17.5 Å². The van der Waals surface area contributed by atoms with Crippen LogP contribution in [-0.2, 0) is 22.1 Å². The summed E-state index contributed by atoms with van der Waals surface area (Å²) in [4.78, 5) is 35.2. The van der Waals surface area contributed by atoms with Gasteiger partial charge in [0.05, 0.1) is 34.0 Å². The molecule has 1 aromatic heterocycles. The van der Waals surface area contributed by atoms with Crippen LogP contribution >= 0.6 is 0 Å². The van der Waals surface area contributed by atoms with Crippen molar-refractivity contribution in [2.45, 2.75) is 71.2 Å². The zero-order valence-electron chi connectivity index (χ0n) is 27.4. The van der Waals surface area contributed by atoms with E-state index in [1.807, 2.05) is 76.2 Å². The van der Waals surface area contributed by atoms with Crippen molar-refractivity contribution in [3.63, 3.8) is 0 Å². The van der Waals surface area contributed by atoms with E-state index in [0.29, 0.717) is 52.8 Å². The molecule has 6 nitrogen and oxygen atoms in total. The highest BCUT2D eigenvalue weighted by molar-refractivity contribution is 5.97. The molecule has 4 aromatic carbocycles. The second-order valence-corrected chi connectivity index (χ2v) is 12.8. The van der Waals surface area contributed by atoms with Crippen LogP contribution < -0.4 is 5.32 Å². The number of benzene rings is 4. The summed E-state index contributed by atoms with van der Waals surface area (Å²) in [7, 11) is 0. The molecule has 0 aliphatic heterocycles. The van der Waals surface area contributed by atoms with Gasteiger partial charge in [-0.05, 0) is 100 Å². The molecule has 0 saturated carbocycles. The number of nitrogens with zero attached hydrogens (tertiary/aromatic N) is 2. The first-order chi connectivity index (χ1) is 22.8. The van der Waals surface area contributed by atoms with Gasteiger partial charge in [0.2, 0.25) is 0 Å². The maximum Gasteiger partial charge on any atom is 0.416 e. The number of carbonyl (C=O) groups is 2. The van der Waals surface area contributed by atoms with Gasteiger partial charge < -0.3 is 10.1 Å². The molecule has 9 heteroatoms. The summed E-state index contributed by atoms with van der Waals surface area (Å²) in [5.74, 6) is -0.575. The summed E-state index contributed by atoms with van der Waals surface area (Å²) >= 11 is 0. The Morgan fingerprint density at radius 3 is 2.17 bits per heavy atom. The van der Waals surface area contributed by atoms with Crippen LogP contribution in [0.2, 0.25) is 0 Å². The monoisotopic (exact) mass is 653 g/mol. The highest BCUT2D eigenvalue weighted by Gasteiger charge is 2.30. The number of hydrogen-bond acceptors (Lipinski definition) is 5. The molecule has 0 saturated heterocycles. The maximum atomic E-state index is 13.4. The van der Waals surface area contributed by atoms with Gasteiger partial charge in [-0.15, -0.1) is 0 Å². The van der Waals surface area contributed by atoms with E-state index < -0.39 is 17.3 Å². The molecule has 0 radical (unpaired) electrons. The van der Waals surface area contributed by atoms with E-state index in [1.54, 1.807) is 18.2 Å². The van der Waals surface area contributed by atoms with Crippen molar-refractivity contribution in [1.82, 2.24) is 15.3 Å². The molecule has 0 unspecified atom stereocenters. The number of hydrogen-bond donors (Lipinski definition) is 1. The highest BCUT2D eigenvalue weighted by Crippen LogP contribution is 2.32. The third-order valence-electron chi connectivity index (χ3n) is 7.79. The first-order valence-electron chi connectivity index (χ1n) is 15.9. The fourth-order valence-corrected chi connectivity index (χ4v) is 5.39. The summed E-state index contributed by atoms with van der Waals surface area (Å²) in [6, 6.07) is 27.6. The van der Waals surface area contributed by atoms with Gasteiger partial charge in [0.25, 0.3) is 5.91 Å². The largest absolute Gasteiger partial charge is 0.460 e. The third kappa shape index (κ3) is 8.85. The van der Waals surface area contributed by atoms with Crippen LogP contribution in [0.15, 0.2) is 97.1 Å². The van der Waals surface area contributed by atoms with Crippen molar-refractivity contribution in [3.8, 4) is 22.4 Å². The summed E-state index contributed by atoms with van der Waals surface area (Å²) in [6.07, 6.45) is -2.70. The lowest BCUT2D eigenvalue weighted by Crippen LogP contribution is -2.26. The van der Waals surface area contributed by atoms with Crippen molar-refractivity contribution in [3.05, 3.63) is 119 Å². The van der Waals surface area contributed by atoms with E-state index in [0.717, 1.165) is 28.8 Å². The first kappa shape index (κ1) is 34.3. The average molecular weight is 654 g/mol. The molecule has 1 N–H and O–H groups in total. The maximum absolute atomic E-state index is 13.4. The molecule has 0 aliphatic rings. The Labute approximate surface area is 278 Å². The van der Waals surface area contributed by atoms with Crippen LogP contribution in [0.5, 0.6) is 0 Å². The van der Waals surface area contributed by atoms with E-state index in [1.165, 1.54) is 12.1 Å². The van der Waals surface area contributed by atoms with Gasteiger partial charge >= 0.3 is 12.1 Å². The number of halogens is 3. The standard InChI is InChI=1S/C39H38F3N3O3/c1-25(28-13-10-14-29(23-28)26-11-6-5-7-12-26)43-37(47)30-19-22-32-34(24-30)44-33(15-8-9-16-35(46)48-38(2,3)4)36(45-32)27-17-20-31(21-18-27)39(40,41)42/h5-7,10-14,17-25H,8-9,15-16H2,1-4H3,(H,43,47)/t25-/m0/s1. The van der Waals surface area contributed by atoms with Gasteiger partial charge in [-0.25, -0.2) is 9.97 Å². The topological polar surface area (TPSA) is 81.2 Å². The van der Waals surface area contributed by atoms with Crippen molar-refractivity contribution in [1.29, 1.82) is 0 Å². The zero-order chi connectivity index (χ0) is 34.5. The van der Waals surface area contributed by atoms with Crippen LogP contribution in [0.4, 0.5) is 13.2 Å². The van der Waals surface area contributed by atoms with Crippen LogP contribution in [0.25, 0.3) is 33.4 Å². The smallest absolute Gasteiger partial charge is 0.416 e. The molecule has 1 amide bonds. The van der Waals surface area contributed by atoms with Gasteiger partial charge in [-0.1, -0.05) is 60.7 Å². The average Bonchev–Trinajstić information content (AvgIpc) is 3.05. The number of aromatic nitrogens is 2. The minimum atomic E-state index is -4.46. The normalized spacial score (nSPS) is 12.5. The second kappa shape index (κ2) is 14.4. The molecule has 0 fully saturated rings. The van der Waals surface area contributed by atoms with Crippen molar-refractivity contribution in [2.75, 3.05) is 0 Å². The molecule has 5 rings (SSSR count). The fourth-order valence-electron chi connectivity index (χ4n) is 5.39. The van der Waals surface area contributed by atoms with Gasteiger partial charge in [-0.2, -0.15) is 13.2 Å². The zero-order valence-corrected chi connectivity index (χ0v) is 27.4. The number of esters is 1. The molecule has 0 bridgehead atoms.